The lowest BCUT2D eigenvalue weighted by Gasteiger charge is -2.14. The summed E-state index contributed by atoms with van der Waals surface area (Å²) in [5.41, 5.74) is 1.03. The Kier molecular flexibility index (Phi) is 2.52. The summed E-state index contributed by atoms with van der Waals surface area (Å²) in [6, 6.07) is 0. The smallest absolute Gasteiger partial charge is 0.223 e. The molecule has 0 saturated carbocycles. The molecule has 4 nitrogen and oxygen atoms in total. The number of hydrogen-bond acceptors (Lipinski definition) is 4. The van der Waals surface area contributed by atoms with E-state index in [1.165, 1.54) is 18.3 Å². The van der Waals surface area contributed by atoms with E-state index in [9.17, 15) is 9.90 Å². The van der Waals surface area contributed by atoms with Crippen molar-refractivity contribution in [1.82, 2.24) is 4.98 Å². The average Bonchev–Trinajstić information content (AvgIpc) is 2.44. The predicted octanol–water partition coefficient (Wildman–Crippen LogP) is 0.951. The SMILES string of the molecule is CC(=O)Nc1nc2c(s1)C[C@H](O)CC2. The van der Waals surface area contributed by atoms with Crippen LogP contribution < -0.4 is 5.32 Å². The fourth-order valence-corrected chi connectivity index (χ4v) is 2.69. The van der Waals surface area contributed by atoms with Crippen molar-refractivity contribution < 1.29 is 9.90 Å². The van der Waals surface area contributed by atoms with Crippen molar-refractivity contribution in [2.45, 2.75) is 32.3 Å². The summed E-state index contributed by atoms with van der Waals surface area (Å²) in [5.74, 6) is -0.100. The van der Waals surface area contributed by atoms with Crippen LogP contribution in [0.2, 0.25) is 0 Å². The van der Waals surface area contributed by atoms with Crippen LogP contribution in [0.5, 0.6) is 0 Å². The highest BCUT2D eigenvalue weighted by Gasteiger charge is 2.20. The minimum atomic E-state index is -0.242. The number of carbonyl (C=O) groups is 1. The molecule has 5 heteroatoms. The van der Waals surface area contributed by atoms with Crippen LogP contribution in [0.1, 0.15) is 23.9 Å². The quantitative estimate of drug-likeness (QED) is 0.728. The molecule has 1 atom stereocenters. The summed E-state index contributed by atoms with van der Waals surface area (Å²) in [7, 11) is 0. The van der Waals surface area contributed by atoms with Gasteiger partial charge in [0.05, 0.1) is 11.8 Å². The number of amides is 1. The molecule has 14 heavy (non-hydrogen) atoms. The fraction of sp³-hybridized carbons (Fsp3) is 0.556. The number of rotatable bonds is 1. The highest BCUT2D eigenvalue weighted by atomic mass is 32.1. The molecule has 0 unspecified atom stereocenters. The minimum absolute atomic E-state index is 0.100. The molecule has 1 amide bonds. The molecule has 0 saturated heterocycles. The first-order chi connectivity index (χ1) is 6.65. The van der Waals surface area contributed by atoms with E-state index < -0.39 is 0 Å². The van der Waals surface area contributed by atoms with Crippen LogP contribution in [0, 0.1) is 0 Å². The molecule has 76 valence electrons. The Hall–Kier alpha value is -0.940. The summed E-state index contributed by atoms with van der Waals surface area (Å²) in [4.78, 5) is 16.2. The average molecular weight is 212 g/mol. The first-order valence-electron chi connectivity index (χ1n) is 4.59. The molecule has 2 rings (SSSR count). The lowest BCUT2D eigenvalue weighted by Crippen LogP contribution is -2.17. The number of fused-ring (bicyclic) bond motifs is 1. The lowest BCUT2D eigenvalue weighted by atomic mass is 10.0. The van der Waals surface area contributed by atoms with E-state index in [2.05, 4.69) is 10.3 Å². The molecular weight excluding hydrogens is 200 g/mol. The highest BCUT2D eigenvalue weighted by Crippen LogP contribution is 2.29. The summed E-state index contributed by atoms with van der Waals surface area (Å²) in [5, 5.41) is 12.8. The van der Waals surface area contributed by atoms with Gasteiger partial charge in [0.25, 0.3) is 0 Å². The van der Waals surface area contributed by atoms with Crippen LogP contribution in [0.15, 0.2) is 0 Å². The van der Waals surface area contributed by atoms with Gasteiger partial charge in [-0.1, -0.05) is 0 Å². The molecule has 0 spiro atoms. The van der Waals surface area contributed by atoms with Gasteiger partial charge in [0, 0.05) is 18.2 Å². The van der Waals surface area contributed by atoms with E-state index >= 15 is 0 Å². The maximum atomic E-state index is 10.8. The Morgan fingerprint density at radius 3 is 3.21 bits per heavy atom. The molecule has 1 aliphatic carbocycles. The van der Waals surface area contributed by atoms with Crippen LogP contribution >= 0.6 is 11.3 Å². The van der Waals surface area contributed by atoms with Crippen molar-refractivity contribution in [3.63, 3.8) is 0 Å². The molecule has 0 aliphatic heterocycles. The molecule has 0 bridgehead atoms. The Morgan fingerprint density at radius 1 is 1.71 bits per heavy atom. The van der Waals surface area contributed by atoms with Crippen molar-refractivity contribution in [3.8, 4) is 0 Å². The molecule has 1 aromatic rings. The highest BCUT2D eigenvalue weighted by molar-refractivity contribution is 7.15. The third kappa shape index (κ3) is 1.93. The lowest BCUT2D eigenvalue weighted by molar-refractivity contribution is -0.114. The molecular formula is C9H12N2O2S. The van der Waals surface area contributed by atoms with E-state index in [0.29, 0.717) is 11.6 Å². The van der Waals surface area contributed by atoms with Gasteiger partial charge in [-0.15, -0.1) is 11.3 Å². The van der Waals surface area contributed by atoms with Gasteiger partial charge in [0.15, 0.2) is 5.13 Å². The number of aliphatic hydroxyl groups is 1. The maximum absolute atomic E-state index is 10.8. The summed E-state index contributed by atoms with van der Waals surface area (Å²) in [6.07, 6.45) is 2.02. The van der Waals surface area contributed by atoms with Crippen LogP contribution in [-0.2, 0) is 17.6 Å². The standard InChI is InChI=1S/C9H12N2O2S/c1-5(12)10-9-11-7-3-2-6(13)4-8(7)14-9/h6,13H,2-4H2,1H3,(H,10,11,12)/t6-/m1/s1. The normalized spacial score (nSPS) is 20.3. The molecule has 0 aromatic carbocycles. The summed E-state index contributed by atoms with van der Waals surface area (Å²) in [6.45, 7) is 1.47. The Morgan fingerprint density at radius 2 is 2.50 bits per heavy atom. The minimum Gasteiger partial charge on any atom is -0.393 e. The summed E-state index contributed by atoms with van der Waals surface area (Å²) < 4.78 is 0. The number of thiazole rings is 1. The second-order valence-corrected chi connectivity index (χ2v) is 4.55. The fourth-order valence-electron chi connectivity index (χ4n) is 1.56. The zero-order valence-electron chi connectivity index (χ0n) is 7.91. The van der Waals surface area contributed by atoms with Gasteiger partial charge in [0.2, 0.25) is 5.91 Å². The monoisotopic (exact) mass is 212 g/mol. The maximum Gasteiger partial charge on any atom is 0.223 e. The Bertz CT molecular complexity index is 362. The number of nitrogens with one attached hydrogen (secondary N) is 1. The van der Waals surface area contributed by atoms with Gasteiger partial charge in [-0.25, -0.2) is 4.98 Å². The number of aromatic nitrogens is 1. The van der Waals surface area contributed by atoms with Crippen molar-refractivity contribution in [2.75, 3.05) is 5.32 Å². The van der Waals surface area contributed by atoms with E-state index in [1.807, 2.05) is 0 Å². The Balaban J connectivity index is 2.19. The predicted molar refractivity (Wildman–Crippen MR) is 54.4 cm³/mol. The van der Waals surface area contributed by atoms with Gasteiger partial charge in [0.1, 0.15) is 0 Å². The van der Waals surface area contributed by atoms with Crippen LogP contribution in [-0.4, -0.2) is 22.1 Å². The number of carbonyl (C=O) groups excluding carboxylic acids is 1. The third-order valence-corrected chi connectivity index (χ3v) is 3.23. The van der Waals surface area contributed by atoms with Crippen LogP contribution in [0.3, 0.4) is 0 Å². The molecule has 0 fully saturated rings. The van der Waals surface area contributed by atoms with Gasteiger partial charge in [-0.2, -0.15) is 0 Å². The zero-order chi connectivity index (χ0) is 10.1. The van der Waals surface area contributed by atoms with E-state index in [4.69, 9.17) is 0 Å². The van der Waals surface area contributed by atoms with Crippen molar-refractivity contribution in [2.24, 2.45) is 0 Å². The second kappa shape index (κ2) is 3.67. The van der Waals surface area contributed by atoms with E-state index in [0.717, 1.165) is 23.4 Å². The van der Waals surface area contributed by atoms with Gasteiger partial charge < -0.3 is 10.4 Å². The number of aryl methyl sites for hydroxylation is 1. The molecule has 1 aliphatic rings. The molecule has 0 radical (unpaired) electrons. The third-order valence-electron chi connectivity index (χ3n) is 2.20. The van der Waals surface area contributed by atoms with Crippen molar-refractivity contribution >= 4 is 22.4 Å². The first kappa shape index (κ1) is 9.61. The van der Waals surface area contributed by atoms with Crippen molar-refractivity contribution in [3.05, 3.63) is 10.6 Å². The van der Waals surface area contributed by atoms with E-state index in [1.54, 1.807) is 0 Å². The largest absolute Gasteiger partial charge is 0.393 e. The number of nitrogens with zero attached hydrogens (tertiary/aromatic N) is 1. The Labute approximate surface area is 86.0 Å². The van der Waals surface area contributed by atoms with E-state index in [-0.39, 0.29) is 12.0 Å². The molecule has 1 heterocycles. The van der Waals surface area contributed by atoms with Crippen molar-refractivity contribution in [1.29, 1.82) is 0 Å². The first-order valence-corrected chi connectivity index (χ1v) is 5.41. The van der Waals surface area contributed by atoms with Gasteiger partial charge >= 0.3 is 0 Å². The molecule has 1 aromatic heterocycles. The number of hydrogen-bond donors (Lipinski definition) is 2. The summed E-state index contributed by atoms with van der Waals surface area (Å²) >= 11 is 1.46. The second-order valence-electron chi connectivity index (χ2n) is 3.47. The van der Waals surface area contributed by atoms with Gasteiger partial charge in [-0.05, 0) is 12.8 Å². The number of anilines is 1. The number of aliphatic hydroxyl groups excluding tert-OH is 1. The van der Waals surface area contributed by atoms with Gasteiger partial charge in [-0.3, -0.25) is 4.79 Å². The van der Waals surface area contributed by atoms with Crippen LogP contribution in [0.4, 0.5) is 5.13 Å². The zero-order valence-corrected chi connectivity index (χ0v) is 8.73. The van der Waals surface area contributed by atoms with Crippen LogP contribution in [0.25, 0.3) is 0 Å². The topological polar surface area (TPSA) is 62.2 Å². The molecule has 2 N–H and O–H groups in total.